The number of hydrogen-bond donors (Lipinski definition) is 0. The van der Waals surface area contributed by atoms with Crippen LogP contribution in [0.1, 0.15) is 53.4 Å². The number of hydrogen-bond acceptors (Lipinski definition) is 1. The molecule has 0 aromatic heterocycles. The van der Waals surface area contributed by atoms with E-state index in [1.807, 2.05) is 19.9 Å². The molecular formula is C18H26FN. The van der Waals surface area contributed by atoms with E-state index in [0.29, 0.717) is 5.71 Å². The lowest BCUT2D eigenvalue weighted by Crippen LogP contribution is -2.06. The fraction of sp³-hybridized carbons (Fsp3) is 0.500. The summed E-state index contributed by atoms with van der Waals surface area (Å²) in [5.41, 5.74) is 3.29. The first kappa shape index (κ1) is 16.6. The lowest BCUT2D eigenvalue weighted by Gasteiger charge is -2.11. The van der Waals surface area contributed by atoms with Crippen LogP contribution in [0.25, 0.3) is 0 Å². The Labute approximate surface area is 122 Å². The molecule has 1 rings (SSSR count). The zero-order chi connectivity index (χ0) is 15.1. The van der Waals surface area contributed by atoms with E-state index in [2.05, 4.69) is 18.5 Å². The van der Waals surface area contributed by atoms with E-state index in [4.69, 9.17) is 0 Å². The van der Waals surface area contributed by atoms with Gasteiger partial charge in [-0.05, 0) is 58.4 Å². The number of aliphatic imine (C=N–C) groups is 1. The molecule has 20 heavy (non-hydrogen) atoms. The van der Waals surface area contributed by atoms with Gasteiger partial charge in [-0.25, -0.2) is 4.39 Å². The Bertz CT molecular complexity index is 474. The van der Waals surface area contributed by atoms with Crippen LogP contribution in [0.15, 0.2) is 52.5 Å². The predicted molar refractivity (Wildman–Crippen MR) is 86.6 cm³/mol. The number of nitrogens with zero attached hydrogens (tertiary/aromatic N) is 1. The van der Waals surface area contributed by atoms with E-state index >= 15 is 0 Å². The van der Waals surface area contributed by atoms with Gasteiger partial charge in [-0.15, -0.1) is 0 Å². The molecule has 0 saturated heterocycles. The Kier molecular flexibility index (Phi) is 6.63. The van der Waals surface area contributed by atoms with Gasteiger partial charge in [0.2, 0.25) is 0 Å². The number of rotatable bonds is 7. The summed E-state index contributed by atoms with van der Waals surface area (Å²) in [6.07, 6.45) is 9.69. The summed E-state index contributed by atoms with van der Waals surface area (Å²) >= 11 is 0. The maximum Gasteiger partial charge on any atom is 0.145 e. The fourth-order valence-corrected chi connectivity index (χ4v) is 2.23. The van der Waals surface area contributed by atoms with Crippen LogP contribution in [-0.2, 0) is 0 Å². The van der Waals surface area contributed by atoms with Crippen molar-refractivity contribution < 1.29 is 4.39 Å². The molecule has 110 valence electrons. The van der Waals surface area contributed by atoms with Gasteiger partial charge in [0, 0.05) is 11.3 Å². The second-order valence-corrected chi connectivity index (χ2v) is 5.40. The van der Waals surface area contributed by atoms with Crippen molar-refractivity contribution in [2.45, 2.75) is 53.4 Å². The molecule has 0 amide bonds. The van der Waals surface area contributed by atoms with Crippen molar-refractivity contribution in [1.82, 2.24) is 0 Å². The van der Waals surface area contributed by atoms with Crippen LogP contribution in [0.2, 0.25) is 0 Å². The molecule has 0 aromatic carbocycles. The van der Waals surface area contributed by atoms with E-state index in [1.165, 1.54) is 24.5 Å². The van der Waals surface area contributed by atoms with Crippen molar-refractivity contribution in [1.29, 1.82) is 0 Å². The molecule has 0 N–H and O–H groups in total. The summed E-state index contributed by atoms with van der Waals surface area (Å²) in [6, 6.07) is 0. The van der Waals surface area contributed by atoms with Gasteiger partial charge < -0.3 is 0 Å². The molecule has 1 fully saturated rings. The fourth-order valence-electron chi connectivity index (χ4n) is 2.23. The van der Waals surface area contributed by atoms with Crippen LogP contribution >= 0.6 is 0 Å². The molecule has 0 bridgehead atoms. The largest absolute Gasteiger partial charge is 0.250 e. The average molecular weight is 275 g/mol. The Morgan fingerprint density at radius 3 is 2.45 bits per heavy atom. The standard InChI is InChI=1S/C18H26FN/c1-6-9-14(5)20-18(17(19)8-3)16(7-2)13(4)12-15-10-11-15/h7-9,15H,2,6,10-12H2,1,3-5H3/b14-9+,16-13?,17-8+,20-18-. The summed E-state index contributed by atoms with van der Waals surface area (Å²) in [7, 11) is 0. The Morgan fingerprint density at radius 1 is 1.35 bits per heavy atom. The Balaban J connectivity index is 3.19. The lowest BCUT2D eigenvalue weighted by atomic mass is 9.99. The SMILES string of the molecule is C=CC(=C(C)CC1CC1)C(=N/C(C)=C/CC)/C(F)=C\C. The number of allylic oxidation sites excluding steroid dienone is 7. The van der Waals surface area contributed by atoms with Crippen molar-refractivity contribution in [2.75, 3.05) is 0 Å². The molecule has 0 heterocycles. The van der Waals surface area contributed by atoms with Crippen LogP contribution in [-0.4, -0.2) is 5.71 Å². The first-order valence-electron chi connectivity index (χ1n) is 7.43. The highest BCUT2D eigenvalue weighted by Crippen LogP contribution is 2.36. The highest BCUT2D eigenvalue weighted by molar-refractivity contribution is 6.13. The minimum absolute atomic E-state index is 0.279. The van der Waals surface area contributed by atoms with Crippen molar-refractivity contribution >= 4 is 5.71 Å². The number of halogens is 1. The second kappa shape index (κ2) is 7.98. The quantitative estimate of drug-likeness (QED) is 0.404. The molecule has 1 aliphatic rings. The highest BCUT2D eigenvalue weighted by atomic mass is 19.1. The third-order valence-corrected chi connectivity index (χ3v) is 3.48. The maximum atomic E-state index is 14.2. The minimum Gasteiger partial charge on any atom is -0.250 e. The van der Waals surface area contributed by atoms with Crippen molar-refractivity contribution in [3.05, 3.63) is 47.5 Å². The molecule has 0 unspecified atom stereocenters. The molecule has 0 spiro atoms. The van der Waals surface area contributed by atoms with E-state index in [9.17, 15) is 4.39 Å². The summed E-state index contributed by atoms with van der Waals surface area (Å²) in [5.74, 6) is 0.492. The van der Waals surface area contributed by atoms with Gasteiger partial charge in [-0.3, -0.25) is 4.99 Å². The molecule has 2 heteroatoms. The molecule has 0 atom stereocenters. The molecule has 0 radical (unpaired) electrons. The maximum absolute atomic E-state index is 14.2. The van der Waals surface area contributed by atoms with E-state index in [0.717, 1.165) is 30.0 Å². The molecule has 1 nitrogen and oxygen atoms in total. The van der Waals surface area contributed by atoms with Gasteiger partial charge in [0.1, 0.15) is 11.5 Å². The van der Waals surface area contributed by atoms with E-state index < -0.39 is 0 Å². The summed E-state index contributed by atoms with van der Waals surface area (Å²) in [4.78, 5) is 4.46. The average Bonchev–Trinajstić information content (AvgIpc) is 3.21. The lowest BCUT2D eigenvalue weighted by molar-refractivity contribution is 0.678. The zero-order valence-electron chi connectivity index (χ0n) is 13.2. The van der Waals surface area contributed by atoms with Crippen LogP contribution in [0, 0.1) is 5.92 Å². The zero-order valence-corrected chi connectivity index (χ0v) is 13.2. The van der Waals surface area contributed by atoms with Gasteiger partial charge >= 0.3 is 0 Å². The predicted octanol–water partition coefficient (Wildman–Crippen LogP) is 5.92. The van der Waals surface area contributed by atoms with Crippen molar-refractivity contribution in [2.24, 2.45) is 10.9 Å². The highest BCUT2D eigenvalue weighted by Gasteiger charge is 2.23. The second-order valence-electron chi connectivity index (χ2n) is 5.40. The first-order valence-corrected chi connectivity index (χ1v) is 7.43. The monoisotopic (exact) mass is 275 g/mol. The first-order chi connectivity index (χ1) is 9.53. The van der Waals surface area contributed by atoms with Crippen LogP contribution in [0.5, 0.6) is 0 Å². The van der Waals surface area contributed by atoms with E-state index in [-0.39, 0.29) is 5.83 Å². The van der Waals surface area contributed by atoms with Crippen LogP contribution < -0.4 is 0 Å². The smallest absolute Gasteiger partial charge is 0.145 e. The summed E-state index contributed by atoms with van der Waals surface area (Å²) < 4.78 is 14.2. The summed E-state index contributed by atoms with van der Waals surface area (Å²) in [6.45, 7) is 11.6. The molecule has 1 aliphatic carbocycles. The van der Waals surface area contributed by atoms with Gasteiger partial charge in [0.25, 0.3) is 0 Å². The molecular weight excluding hydrogens is 249 g/mol. The summed E-state index contributed by atoms with van der Waals surface area (Å²) in [5, 5.41) is 0. The van der Waals surface area contributed by atoms with E-state index in [1.54, 1.807) is 13.0 Å². The van der Waals surface area contributed by atoms with Crippen molar-refractivity contribution in [3.63, 3.8) is 0 Å². The van der Waals surface area contributed by atoms with Gasteiger partial charge in [0.15, 0.2) is 0 Å². The molecule has 0 aliphatic heterocycles. The van der Waals surface area contributed by atoms with Crippen molar-refractivity contribution in [3.8, 4) is 0 Å². The van der Waals surface area contributed by atoms with Gasteiger partial charge in [-0.2, -0.15) is 0 Å². The Hall–Kier alpha value is -1.44. The van der Waals surface area contributed by atoms with Crippen LogP contribution in [0.4, 0.5) is 4.39 Å². The minimum atomic E-state index is -0.279. The van der Waals surface area contributed by atoms with Crippen LogP contribution in [0.3, 0.4) is 0 Å². The normalized spacial score (nSPS) is 18.9. The topological polar surface area (TPSA) is 12.4 Å². The Morgan fingerprint density at radius 2 is 2.00 bits per heavy atom. The van der Waals surface area contributed by atoms with Gasteiger partial charge in [0.05, 0.1) is 0 Å². The third-order valence-electron chi connectivity index (χ3n) is 3.48. The van der Waals surface area contributed by atoms with Gasteiger partial charge in [-0.1, -0.05) is 31.2 Å². The molecule has 0 aromatic rings. The molecule has 1 saturated carbocycles. The third kappa shape index (κ3) is 4.92.